The standard InChI is InChI=1S/C23H27N3O/c1-3-25-14-12-23(13-15-25)26-21(19-6-4-5-7-22(19)27-23)16-20(24-26)18-10-8-17(2)9-11-18/h4-11,21H,3,12-16H2,1-2H3/t21-/m0/s1. The van der Waals surface area contributed by atoms with E-state index < -0.39 is 0 Å². The molecule has 3 aliphatic heterocycles. The quantitative estimate of drug-likeness (QED) is 0.796. The van der Waals surface area contributed by atoms with Crippen LogP contribution >= 0.6 is 0 Å². The number of hydrazone groups is 1. The first-order valence-corrected chi connectivity index (χ1v) is 10.1. The van der Waals surface area contributed by atoms with E-state index in [0.717, 1.165) is 44.6 Å². The van der Waals surface area contributed by atoms with Crippen molar-refractivity contribution in [2.24, 2.45) is 5.10 Å². The number of piperidine rings is 1. The summed E-state index contributed by atoms with van der Waals surface area (Å²) < 4.78 is 6.66. The van der Waals surface area contributed by atoms with Crippen molar-refractivity contribution < 1.29 is 4.74 Å². The van der Waals surface area contributed by atoms with Crippen LogP contribution in [0.3, 0.4) is 0 Å². The first-order valence-electron chi connectivity index (χ1n) is 10.1. The number of para-hydroxylation sites is 1. The van der Waals surface area contributed by atoms with Crippen molar-refractivity contribution in [1.29, 1.82) is 0 Å². The monoisotopic (exact) mass is 361 g/mol. The third-order valence-corrected chi connectivity index (χ3v) is 6.38. The SMILES string of the molecule is CCN1CCC2(CC1)Oc1ccccc1[C@@H]1CC(c3ccc(C)cc3)=NN12. The van der Waals surface area contributed by atoms with Gasteiger partial charge in [-0.3, -0.25) is 0 Å². The molecule has 0 N–H and O–H groups in total. The summed E-state index contributed by atoms with van der Waals surface area (Å²) in [7, 11) is 0. The highest BCUT2D eigenvalue weighted by Gasteiger charge is 2.51. The summed E-state index contributed by atoms with van der Waals surface area (Å²) in [6.45, 7) is 7.61. The van der Waals surface area contributed by atoms with Crippen molar-refractivity contribution in [2.45, 2.75) is 44.9 Å². The molecular weight excluding hydrogens is 334 g/mol. The van der Waals surface area contributed by atoms with Gasteiger partial charge in [-0.1, -0.05) is 55.0 Å². The third kappa shape index (κ3) is 2.74. The average molecular weight is 361 g/mol. The maximum atomic E-state index is 6.66. The molecule has 0 aliphatic carbocycles. The Kier molecular flexibility index (Phi) is 3.97. The Hall–Kier alpha value is -2.33. The van der Waals surface area contributed by atoms with Crippen LogP contribution in [0.2, 0.25) is 0 Å². The normalized spacial score (nSPS) is 23.6. The smallest absolute Gasteiger partial charge is 0.200 e. The van der Waals surface area contributed by atoms with Crippen LogP contribution in [0.5, 0.6) is 5.75 Å². The minimum atomic E-state index is -0.308. The van der Waals surface area contributed by atoms with Crippen molar-refractivity contribution in [3.05, 3.63) is 65.2 Å². The molecule has 3 heterocycles. The maximum absolute atomic E-state index is 6.66. The predicted octanol–water partition coefficient (Wildman–Crippen LogP) is 4.35. The molecule has 0 amide bonds. The van der Waals surface area contributed by atoms with Crippen LogP contribution < -0.4 is 4.74 Å². The lowest BCUT2D eigenvalue weighted by atomic mass is 9.90. The maximum Gasteiger partial charge on any atom is 0.200 e. The summed E-state index contributed by atoms with van der Waals surface area (Å²) in [4.78, 5) is 2.50. The van der Waals surface area contributed by atoms with Crippen LogP contribution in [0.15, 0.2) is 53.6 Å². The second-order valence-corrected chi connectivity index (χ2v) is 8.00. The van der Waals surface area contributed by atoms with E-state index in [2.05, 4.69) is 72.3 Å². The summed E-state index contributed by atoms with van der Waals surface area (Å²) >= 11 is 0. The van der Waals surface area contributed by atoms with Gasteiger partial charge in [0, 0.05) is 37.9 Å². The number of nitrogens with zero attached hydrogens (tertiary/aromatic N) is 3. The van der Waals surface area contributed by atoms with Crippen LogP contribution in [0.4, 0.5) is 0 Å². The van der Waals surface area contributed by atoms with Gasteiger partial charge in [0.2, 0.25) is 5.72 Å². The first kappa shape index (κ1) is 16.8. The lowest BCUT2D eigenvalue weighted by Crippen LogP contribution is -2.59. The molecule has 1 atom stereocenters. The topological polar surface area (TPSA) is 28.1 Å². The molecule has 1 fully saturated rings. The van der Waals surface area contributed by atoms with Crippen LogP contribution in [0.1, 0.15) is 48.9 Å². The molecule has 4 heteroatoms. The Labute approximate surface area is 161 Å². The van der Waals surface area contributed by atoms with E-state index in [0.29, 0.717) is 0 Å². The van der Waals surface area contributed by atoms with Gasteiger partial charge in [-0.15, -0.1) is 0 Å². The van der Waals surface area contributed by atoms with Crippen molar-refractivity contribution in [1.82, 2.24) is 9.91 Å². The zero-order chi connectivity index (χ0) is 18.4. The lowest BCUT2D eigenvalue weighted by molar-refractivity contribution is -0.149. The zero-order valence-corrected chi connectivity index (χ0v) is 16.2. The minimum absolute atomic E-state index is 0.277. The van der Waals surface area contributed by atoms with Gasteiger partial charge in [-0.05, 0) is 25.1 Å². The number of benzene rings is 2. The molecule has 140 valence electrons. The Bertz CT molecular complexity index is 865. The van der Waals surface area contributed by atoms with Gasteiger partial charge in [0.25, 0.3) is 0 Å². The van der Waals surface area contributed by atoms with Crippen molar-refractivity contribution in [3.8, 4) is 5.75 Å². The number of aryl methyl sites for hydroxylation is 1. The average Bonchev–Trinajstić information content (AvgIpc) is 3.16. The summed E-state index contributed by atoms with van der Waals surface area (Å²) in [5, 5.41) is 7.45. The van der Waals surface area contributed by atoms with Crippen LogP contribution in [0, 0.1) is 6.92 Å². The van der Waals surface area contributed by atoms with Crippen molar-refractivity contribution in [2.75, 3.05) is 19.6 Å². The molecular formula is C23H27N3O. The van der Waals surface area contributed by atoms with Gasteiger partial charge in [0.1, 0.15) is 5.75 Å². The molecule has 2 aromatic carbocycles. The zero-order valence-electron chi connectivity index (χ0n) is 16.2. The Morgan fingerprint density at radius 3 is 2.56 bits per heavy atom. The van der Waals surface area contributed by atoms with Gasteiger partial charge in [-0.25, -0.2) is 5.01 Å². The van der Waals surface area contributed by atoms with Crippen LogP contribution in [-0.2, 0) is 0 Å². The van der Waals surface area contributed by atoms with Crippen molar-refractivity contribution >= 4 is 5.71 Å². The fourth-order valence-corrected chi connectivity index (χ4v) is 4.70. The molecule has 0 aromatic heterocycles. The van der Waals surface area contributed by atoms with Gasteiger partial charge >= 0.3 is 0 Å². The number of hydrogen-bond donors (Lipinski definition) is 0. The summed E-state index contributed by atoms with van der Waals surface area (Å²) in [6.07, 6.45) is 2.94. The minimum Gasteiger partial charge on any atom is -0.466 e. The molecule has 3 aliphatic rings. The van der Waals surface area contributed by atoms with E-state index in [9.17, 15) is 0 Å². The van der Waals surface area contributed by atoms with E-state index in [-0.39, 0.29) is 11.8 Å². The summed E-state index contributed by atoms with van der Waals surface area (Å²) in [5.74, 6) is 1.05. The molecule has 0 saturated carbocycles. The predicted molar refractivity (Wildman–Crippen MR) is 108 cm³/mol. The first-order chi connectivity index (χ1) is 13.2. The van der Waals surface area contributed by atoms with Gasteiger partial charge in [0.15, 0.2) is 0 Å². The highest BCUT2D eigenvalue weighted by molar-refractivity contribution is 6.02. The van der Waals surface area contributed by atoms with E-state index >= 15 is 0 Å². The molecule has 2 aromatic rings. The fourth-order valence-electron chi connectivity index (χ4n) is 4.70. The Morgan fingerprint density at radius 2 is 1.81 bits per heavy atom. The molecule has 27 heavy (non-hydrogen) atoms. The molecule has 0 radical (unpaired) electrons. The third-order valence-electron chi connectivity index (χ3n) is 6.38. The number of rotatable bonds is 2. The molecule has 0 unspecified atom stereocenters. The van der Waals surface area contributed by atoms with Crippen LogP contribution in [0.25, 0.3) is 0 Å². The number of ether oxygens (including phenoxy) is 1. The van der Waals surface area contributed by atoms with E-state index in [4.69, 9.17) is 9.84 Å². The second-order valence-electron chi connectivity index (χ2n) is 8.00. The van der Waals surface area contributed by atoms with Gasteiger partial charge in [-0.2, -0.15) is 5.10 Å². The van der Waals surface area contributed by atoms with Crippen molar-refractivity contribution in [3.63, 3.8) is 0 Å². The second kappa shape index (κ2) is 6.38. The Morgan fingerprint density at radius 1 is 1.07 bits per heavy atom. The highest BCUT2D eigenvalue weighted by atomic mass is 16.5. The summed E-state index contributed by atoms with van der Waals surface area (Å²) in [5.41, 5.74) is 4.65. The molecule has 5 rings (SSSR count). The molecule has 0 bridgehead atoms. The van der Waals surface area contributed by atoms with Gasteiger partial charge < -0.3 is 9.64 Å². The summed E-state index contributed by atoms with van der Waals surface area (Å²) in [6, 6.07) is 17.6. The number of likely N-dealkylation sites (tertiary alicyclic amines) is 1. The largest absolute Gasteiger partial charge is 0.466 e. The fraction of sp³-hybridized carbons (Fsp3) is 0.435. The molecule has 4 nitrogen and oxygen atoms in total. The molecule has 1 spiro atoms. The van der Waals surface area contributed by atoms with Crippen LogP contribution in [-0.4, -0.2) is 41.0 Å². The highest BCUT2D eigenvalue weighted by Crippen LogP contribution is 2.49. The lowest BCUT2D eigenvalue weighted by Gasteiger charge is -2.51. The number of fused-ring (bicyclic) bond motifs is 4. The molecule has 1 saturated heterocycles. The van der Waals surface area contributed by atoms with E-state index in [1.807, 2.05) is 0 Å². The Balaban J connectivity index is 1.54. The van der Waals surface area contributed by atoms with E-state index in [1.54, 1.807) is 0 Å². The van der Waals surface area contributed by atoms with E-state index in [1.165, 1.54) is 22.4 Å². The van der Waals surface area contributed by atoms with Gasteiger partial charge in [0.05, 0.1) is 11.8 Å². The number of hydrogen-bond acceptors (Lipinski definition) is 4.